The van der Waals surface area contributed by atoms with Crippen LogP contribution in [0.15, 0.2) is 77.0 Å². The molecule has 0 radical (unpaired) electrons. The summed E-state index contributed by atoms with van der Waals surface area (Å²) >= 11 is 0. The van der Waals surface area contributed by atoms with Crippen LogP contribution in [-0.2, 0) is 0 Å². The fraction of sp³-hybridized carbons (Fsp3) is 0.174. The molecule has 0 atom stereocenters. The van der Waals surface area contributed by atoms with Crippen LogP contribution >= 0.6 is 0 Å². The van der Waals surface area contributed by atoms with Gasteiger partial charge in [-0.15, -0.1) is 10.2 Å². The van der Waals surface area contributed by atoms with Crippen molar-refractivity contribution < 1.29 is 31.4 Å². The Morgan fingerprint density at radius 1 is 0.758 bits per heavy atom. The van der Waals surface area contributed by atoms with E-state index < -0.39 is 24.6 Å². The molecule has 170 valence electrons. The number of fused-ring (bicyclic) bond motifs is 3. The standard InChI is InChI=1S/C23H16F5N3O2/c1-32-21-17-10-5-3-8-15(17)14-7-2-4-9-16(14)20(21)31-30-18-11-6-12-19(29-18)33-13-22(24,25)23(26,27)28/h2-12H,13H2,1H3. The summed E-state index contributed by atoms with van der Waals surface area (Å²) in [7, 11) is 1.50. The Balaban J connectivity index is 1.70. The highest BCUT2D eigenvalue weighted by Crippen LogP contribution is 2.44. The van der Waals surface area contributed by atoms with Crippen LogP contribution in [0.4, 0.5) is 33.5 Å². The van der Waals surface area contributed by atoms with Crippen molar-refractivity contribution in [3.8, 4) is 11.6 Å². The smallest absolute Gasteiger partial charge is 0.456 e. The highest BCUT2D eigenvalue weighted by Gasteiger charge is 2.58. The number of nitrogens with zero attached hydrogens (tertiary/aromatic N) is 3. The van der Waals surface area contributed by atoms with Crippen LogP contribution in [-0.4, -0.2) is 30.8 Å². The molecule has 1 aromatic heterocycles. The molecule has 0 spiro atoms. The monoisotopic (exact) mass is 461 g/mol. The van der Waals surface area contributed by atoms with Gasteiger partial charge in [0.05, 0.1) is 7.11 Å². The SMILES string of the molecule is COc1c(N=Nc2cccc(OCC(F)(F)C(F)(F)F)n2)c2ccccc2c2ccccc12. The normalized spacial score (nSPS) is 12.5. The van der Waals surface area contributed by atoms with E-state index in [0.29, 0.717) is 11.4 Å². The number of hydrogen-bond acceptors (Lipinski definition) is 5. The lowest BCUT2D eigenvalue weighted by molar-refractivity contribution is -0.290. The molecule has 0 unspecified atom stereocenters. The number of ether oxygens (including phenoxy) is 2. The van der Waals surface area contributed by atoms with Gasteiger partial charge in [-0.1, -0.05) is 54.6 Å². The number of rotatable bonds is 6. The van der Waals surface area contributed by atoms with E-state index in [9.17, 15) is 22.0 Å². The summed E-state index contributed by atoms with van der Waals surface area (Å²) in [4.78, 5) is 3.85. The second-order valence-electron chi connectivity index (χ2n) is 7.00. The average molecular weight is 461 g/mol. The first-order valence-corrected chi connectivity index (χ1v) is 9.65. The Hall–Kier alpha value is -3.82. The summed E-state index contributed by atoms with van der Waals surface area (Å²) in [5, 5.41) is 11.8. The third kappa shape index (κ3) is 4.41. The van der Waals surface area contributed by atoms with Crippen LogP contribution in [0.1, 0.15) is 0 Å². The lowest BCUT2D eigenvalue weighted by atomic mass is 9.99. The zero-order valence-electron chi connectivity index (χ0n) is 17.1. The Bertz CT molecular complexity index is 1340. The maximum Gasteiger partial charge on any atom is 0.456 e. The van der Waals surface area contributed by atoms with Gasteiger partial charge in [0.25, 0.3) is 0 Å². The summed E-state index contributed by atoms with van der Waals surface area (Å²) in [5.41, 5.74) is 0.420. The molecule has 0 amide bonds. The lowest BCUT2D eigenvalue weighted by Crippen LogP contribution is -2.41. The number of aromatic nitrogens is 1. The molecular weight excluding hydrogens is 445 g/mol. The van der Waals surface area contributed by atoms with E-state index in [1.807, 2.05) is 48.5 Å². The van der Waals surface area contributed by atoms with Gasteiger partial charge in [0.2, 0.25) is 5.88 Å². The van der Waals surface area contributed by atoms with Crippen molar-refractivity contribution in [1.29, 1.82) is 0 Å². The summed E-state index contributed by atoms with van der Waals surface area (Å²) < 4.78 is 73.4. The number of alkyl halides is 5. The second-order valence-corrected chi connectivity index (χ2v) is 7.00. The quantitative estimate of drug-likeness (QED) is 0.171. The van der Waals surface area contributed by atoms with E-state index in [2.05, 4.69) is 19.9 Å². The third-order valence-corrected chi connectivity index (χ3v) is 4.84. The Kier molecular flexibility index (Phi) is 5.84. The van der Waals surface area contributed by atoms with E-state index >= 15 is 0 Å². The predicted octanol–water partition coefficient (Wildman–Crippen LogP) is 7.39. The first-order chi connectivity index (χ1) is 15.7. The second kappa shape index (κ2) is 8.61. The Morgan fingerprint density at radius 2 is 1.36 bits per heavy atom. The van der Waals surface area contributed by atoms with E-state index in [-0.39, 0.29) is 5.82 Å². The van der Waals surface area contributed by atoms with Gasteiger partial charge in [0.15, 0.2) is 18.2 Å². The maximum absolute atomic E-state index is 13.1. The van der Waals surface area contributed by atoms with Crippen molar-refractivity contribution in [2.75, 3.05) is 13.7 Å². The number of pyridine rings is 1. The third-order valence-electron chi connectivity index (χ3n) is 4.84. The molecule has 4 rings (SSSR count). The predicted molar refractivity (Wildman–Crippen MR) is 113 cm³/mol. The highest BCUT2D eigenvalue weighted by molar-refractivity contribution is 6.16. The lowest BCUT2D eigenvalue weighted by Gasteiger charge is -2.19. The fourth-order valence-corrected chi connectivity index (χ4v) is 3.28. The van der Waals surface area contributed by atoms with Gasteiger partial charge in [-0.05, 0) is 16.8 Å². The van der Waals surface area contributed by atoms with Gasteiger partial charge in [0.1, 0.15) is 5.69 Å². The molecule has 0 fully saturated rings. The topological polar surface area (TPSA) is 56.1 Å². The minimum absolute atomic E-state index is 0.0397. The molecule has 0 saturated heterocycles. The summed E-state index contributed by atoms with van der Waals surface area (Å²) in [6.45, 7) is -1.90. The molecular formula is C23H16F5N3O2. The number of hydrogen-bond donors (Lipinski definition) is 0. The van der Waals surface area contributed by atoms with Crippen LogP contribution in [0.3, 0.4) is 0 Å². The zero-order valence-corrected chi connectivity index (χ0v) is 17.1. The van der Waals surface area contributed by atoms with Crippen molar-refractivity contribution in [2.24, 2.45) is 10.2 Å². The molecule has 0 N–H and O–H groups in total. The number of halogens is 5. The Labute approximate surface area is 184 Å². The minimum atomic E-state index is -5.72. The molecule has 4 aromatic rings. The maximum atomic E-state index is 13.1. The van der Waals surface area contributed by atoms with E-state index in [1.54, 1.807) is 0 Å². The van der Waals surface area contributed by atoms with Gasteiger partial charge in [-0.2, -0.15) is 26.9 Å². The van der Waals surface area contributed by atoms with Gasteiger partial charge in [-0.3, -0.25) is 0 Å². The fourth-order valence-electron chi connectivity index (χ4n) is 3.28. The molecule has 5 nitrogen and oxygen atoms in total. The van der Waals surface area contributed by atoms with Crippen LogP contribution in [0.25, 0.3) is 21.5 Å². The first kappa shape index (κ1) is 22.4. The van der Waals surface area contributed by atoms with Crippen molar-refractivity contribution in [2.45, 2.75) is 12.1 Å². The number of methoxy groups -OCH3 is 1. The van der Waals surface area contributed by atoms with Crippen molar-refractivity contribution in [3.63, 3.8) is 0 Å². The van der Waals surface area contributed by atoms with E-state index in [4.69, 9.17) is 4.74 Å². The van der Waals surface area contributed by atoms with Crippen LogP contribution < -0.4 is 9.47 Å². The van der Waals surface area contributed by atoms with Crippen LogP contribution in [0, 0.1) is 0 Å². The zero-order chi connectivity index (χ0) is 23.6. The highest BCUT2D eigenvalue weighted by atomic mass is 19.4. The van der Waals surface area contributed by atoms with Crippen molar-refractivity contribution in [1.82, 2.24) is 4.98 Å². The van der Waals surface area contributed by atoms with Crippen molar-refractivity contribution >= 4 is 33.1 Å². The van der Waals surface area contributed by atoms with Crippen molar-refractivity contribution in [3.05, 3.63) is 66.7 Å². The molecule has 0 saturated carbocycles. The Morgan fingerprint density at radius 3 is 2.00 bits per heavy atom. The van der Waals surface area contributed by atoms with E-state index in [1.165, 1.54) is 19.2 Å². The van der Waals surface area contributed by atoms with Gasteiger partial charge in [0, 0.05) is 16.8 Å². The molecule has 0 aliphatic rings. The summed E-state index contributed by atoms with van der Waals surface area (Å²) in [6.07, 6.45) is -5.72. The van der Waals surface area contributed by atoms with Gasteiger partial charge >= 0.3 is 12.1 Å². The largest absolute Gasteiger partial charge is 0.494 e. The number of azo groups is 1. The molecule has 0 aliphatic carbocycles. The number of benzene rings is 3. The molecule has 3 aromatic carbocycles. The minimum Gasteiger partial charge on any atom is -0.494 e. The molecule has 10 heteroatoms. The van der Waals surface area contributed by atoms with Crippen LogP contribution in [0.2, 0.25) is 0 Å². The van der Waals surface area contributed by atoms with Crippen LogP contribution in [0.5, 0.6) is 11.6 Å². The van der Waals surface area contributed by atoms with Gasteiger partial charge < -0.3 is 9.47 Å². The molecule has 0 aliphatic heterocycles. The van der Waals surface area contributed by atoms with E-state index in [0.717, 1.165) is 27.6 Å². The molecule has 0 bridgehead atoms. The summed E-state index contributed by atoms with van der Waals surface area (Å²) in [5.74, 6) is -5.01. The molecule has 33 heavy (non-hydrogen) atoms. The first-order valence-electron chi connectivity index (χ1n) is 9.65. The average Bonchev–Trinajstić information content (AvgIpc) is 2.80. The molecule has 1 heterocycles. The van der Waals surface area contributed by atoms with Gasteiger partial charge in [-0.25, -0.2) is 0 Å². The summed E-state index contributed by atoms with van der Waals surface area (Å²) in [6, 6.07) is 19.0.